The molecule has 2 amide bonds. The number of carbonyl (C=O) groups excluding carboxylic acids is 2. The lowest BCUT2D eigenvalue weighted by molar-refractivity contribution is -0.141. The minimum Gasteiger partial charge on any atom is -0.478 e. The van der Waals surface area contributed by atoms with Crippen LogP contribution < -0.4 is 0 Å². The molecule has 0 spiro atoms. The van der Waals surface area contributed by atoms with E-state index in [-0.39, 0.29) is 28.8 Å². The van der Waals surface area contributed by atoms with Gasteiger partial charge in [0.2, 0.25) is 0 Å². The van der Waals surface area contributed by atoms with Gasteiger partial charge in [-0.25, -0.2) is 4.79 Å². The first kappa shape index (κ1) is 19.8. The molecule has 0 saturated heterocycles. The van der Waals surface area contributed by atoms with Gasteiger partial charge in [0.25, 0.3) is 11.8 Å². The van der Waals surface area contributed by atoms with Crippen molar-refractivity contribution < 1.29 is 29.0 Å². The Hall–Kier alpha value is -3.96. The molecular weight excluding hydrogens is 376 g/mol. The van der Waals surface area contributed by atoms with Gasteiger partial charge in [0.15, 0.2) is 0 Å². The van der Waals surface area contributed by atoms with E-state index >= 15 is 0 Å². The lowest BCUT2D eigenvalue weighted by Crippen LogP contribution is -2.44. The highest BCUT2D eigenvalue weighted by molar-refractivity contribution is 6.19. The van der Waals surface area contributed by atoms with Gasteiger partial charge in [-0.05, 0) is 42.8 Å². The molecule has 8 heteroatoms. The molecule has 2 aromatic rings. The van der Waals surface area contributed by atoms with E-state index in [2.05, 4.69) is 0 Å². The average Bonchev–Trinajstić information content (AvgIpc) is 3.18. The molecule has 1 aliphatic rings. The minimum atomic E-state index is -1.03. The molecule has 2 N–H and O–H groups in total. The van der Waals surface area contributed by atoms with Crippen molar-refractivity contribution in [1.29, 1.82) is 5.26 Å². The number of aliphatic hydroxyl groups excluding tert-OH is 1. The van der Waals surface area contributed by atoms with Crippen LogP contribution in [0, 0.1) is 11.3 Å². The van der Waals surface area contributed by atoms with Crippen LogP contribution in [0.5, 0.6) is 0 Å². The number of furan rings is 1. The molecule has 1 aliphatic heterocycles. The highest BCUT2D eigenvalue weighted by Crippen LogP contribution is 2.29. The van der Waals surface area contributed by atoms with Crippen molar-refractivity contribution in [2.24, 2.45) is 0 Å². The Balaban J connectivity index is 1.98. The molecule has 146 valence electrons. The van der Waals surface area contributed by atoms with Gasteiger partial charge in [-0.15, -0.1) is 0 Å². The summed E-state index contributed by atoms with van der Waals surface area (Å²) < 4.78 is 5.73. The Kier molecular flexibility index (Phi) is 5.43. The van der Waals surface area contributed by atoms with Crippen molar-refractivity contribution in [2.45, 2.75) is 6.92 Å². The van der Waals surface area contributed by atoms with Crippen LogP contribution in [0.1, 0.15) is 23.0 Å². The molecule has 0 saturated carbocycles. The first-order chi connectivity index (χ1) is 13.9. The molecule has 0 bridgehead atoms. The standard InChI is InChI=1S/C21H16N2O6/c1-12-16(19(25)23(8-9-24)20(26)17(12)11-22)10-15-6-7-18(29-15)13-2-4-14(5-3-13)21(27)28/h2-7,10,24H,8-9H2,1H3,(H,27,28)/b16-10+. The second kappa shape index (κ2) is 7.96. The summed E-state index contributed by atoms with van der Waals surface area (Å²) in [5.74, 6) is -1.61. The fourth-order valence-electron chi connectivity index (χ4n) is 2.94. The van der Waals surface area contributed by atoms with Gasteiger partial charge in [0.05, 0.1) is 18.7 Å². The molecule has 1 aromatic carbocycles. The van der Waals surface area contributed by atoms with Gasteiger partial charge in [-0.1, -0.05) is 12.1 Å². The molecule has 0 fully saturated rings. The lowest BCUT2D eigenvalue weighted by Gasteiger charge is -2.26. The molecular formula is C21H16N2O6. The topological polar surface area (TPSA) is 132 Å². The Morgan fingerprint density at radius 3 is 2.45 bits per heavy atom. The van der Waals surface area contributed by atoms with Crippen molar-refractivity contribution in [3.63, 3.8) is 0 Å². The Labute approximate surface area is 165 Å². The zero-order chi connectivity index (χ0) is 21.1. The third-order valence-electron chi connectivity index (χ3n) is 4.48. The van der Waals surface area contributed by atoms with Crippen molar-refractivity contribution in [1.82, 2.24) is 4.90 Å². The van der Waals surface area contributed by atoms with Gasteiger partial charge in [0, 0.05) is 11.1 Å². The predicted molar refractivity (Wildman–Crippen MR) is 101 cm³/mol. The number of β-amino-alcohol motifs (C(OH)–C–C–N with tert-alkyl or cyclic N) is 1. The highest BCUT2D eigenvalue weighted by Gasteiger charge is 2.35. The number of aromatic carboxylic acids is 1. The number of imide groups is 1. The second-order valence-corrected chi connectivity index (χ2v) is 6.24. The maximum atomic E-state index is 12.7. The maximum absolute atomic E-state index is 12.7. The number of hydrogen-bond acceptors (Lipinski definition) is 6. The first-order valence-corrected chi connectivity index (χ1v) is 8.61. The molecule has 29 heavy (non-hydrogen) atoms. The first-order valence-electron chi connectivity index (χ1n) is 8.61. The minimum absolute atomic E-state index is 0.122. The molecule has 0 aliphatic carbocycles. The molecule has 0 unspecified atom stereocenters. The third-order valence-corrected chi connectivity index (χ3v) is 4.48. The number of carboxylic acid groups (broad SMARTS) is 1. The molecule has 0 radical (unpaired) electrons. The number of nitriles is 1. The zero-order valence-corrected chi connectivity index (χ0v) is 15.4. The van der Waals surface area contributed by atoms with Gasteiger partial charge in [-0.3, -0.25) is 14.5 Å². The van der Waals surface area contributed by atoms with E-state index in [0.717, 1.165) is 4.90 Å². The van der Waals surface area contributed by atoms with E-state index in [0.29, 0.717) is 17.1 Å². The largest absolute Gasteiger partial charge is 0.478 e. The van der Waals surface area contributed by atoms with Crippen LogP contribution in [0.3, 0.4) is 0 Å². The second-order valence-electron chi connectivity index (χ2n) is 6.24. The highest BCUT2D eigenvalue weighted by atomic mass is 16.4. The van der Waals surface area contributed by atoms with Crippen molar-refractivity contribution in [3.8, 4) is 17.4 Å². The third kappa shape index (κ3) is 3.72. The summed E-state index contributed by atoms with van der Waals surface area (Å²) in [6, 6.07) is 11.2. The average molecular weight is 392 g/mol. The summed E-state index contributed by atoms with van der Waals surface area (Å²) in [5.41, 5.74) is 0.989. The van der Waals surface area contributed by atoms with Crippen molar-refractivity contribution >= 4 is 23.9 Å². The van der Waals surface area contributed by atoms with E-state index < -0.39 is 24.4 Å². The van der Waals surface area contributed by atoms with E-state index in [9.17, 15) is 19.6 Å². The molecule has 1 aromatic heterocycles. The summed E-state index contributed by atoms with van der Waals surface area (Å²) in [4.78, 5) is 36.7. The summed E-state index contributed by atoms with van der Waals surface area (Å²) in [6.07, 6.45) is 1.43. The zero-order valence-electron chi connectivity index (χ0n) is 15.4. The van der Waals surface area contributed by atoms with E-state index in [1.165, 1.54) is 25.1 Å². The van der Waals surface area contributed by atoms with Gasteiger partial charge < -0.3 is 14.6 Å². The van der Waals surface area contributed by atoms with Crippen LogP contribution >= 0.6 is 0 Å². The number of rotatable bonds is 5. The smallest absolute Gasteiger partial charge is 0.335 e. The molecule has 2 heterocycles. The van der Waals surface area contributed by atoms with Crippen LogP contribution in [-0.4, -0.2) is 46.0 Å². The monoisotopic (exact) mass is 392 g/mol. The van der Waals surface area contributed by atoms with E-state index in [1.54, 1.807) is 24.3 Å². The van der Waals surface area contributed by atoms with Crippen LogP contribution in [0.15, 0.2) is 57.5 Å². The molecule has 0 atom stereocenters. The number of amides is 2. The van der Waals surface area contributed by atoms with Crippen molar-refractivity contribution in [3.05, 3.63) is 64.4 Å². The number of hydrogen-bond donors (Lipinski definition) is 2. The number of aliphatic hydroxyl groups is 1. The van der Waals surface area contributed by atoms with E-state index in [1.807, 2.05) is 6.07 Å². The van der Waals surface area contributed by atoms with Crippen LogP contribution in [0.25, 0.3) is 17.4 Å². The van der Waals surface area contributed by atoms with E-state index in [4.69, 9.17) is 14.6 Å². The summed E-state index contributed by atoms with van der Waals surface area (Å²) in [5, 5.41) is 27.4. The van der Waals surface area contributed by atoms with Gasteiger partial charge in [-0.2, -0.15) is 5.26 Å². The van der Waals surface area contributed by atoms with Gasteiger partial charge in [0.1, 0.15) is 23.2 Å². The molecule has 3 rings (SSSR count). The SMILES string of the molecule is CC1=C(C#N)C(=O)N(CCO)C(=O)/C1=C/c1ccc(-c2ccc(C(=O)O)cc2)o1. The number of benzene rings is 1. The lowest BCUT2D eigenvalue weighted by atomic mass is 9.95. The number of nitrogens with zero attached hydrogens (tertiary/aromatic N) is 2. The Morgan fingerprint density at radius 1 is 1.17 bits per heavy atom. The summed E-state index contributed by atoms with van der Waals surface area (Å²) in [7, 11) is 0. The fourth-order valence-corrected chi connectivity index (χ4v) is 2.94. The summed E-state index contributed by atoms with van der Waals surface area (Å²) >= 11 is 0. The van der Waals surface area contributed by atoms with Crippen LogP contribution in [0.2, 0.25) is 0 Å². The van der Waals surface area contributed by atoms with Gasteiger partial charge >= 0.3 is 5.97 Å². The van der Waals surface area contributed by atoms with Crippen molar-refractivity contribution in [2.75, 3.05) is 13.2 Å². The molecule has 8 nitrogen and oxygen atoms in total. The normalized spacial score (nSPS) is 15.8. The number of carboxylic acids is 1. The quantitative estimate of drug-likeness (QED) is 0.589. The fraction of sp³-hybridized carbons (Fsp3) is 0.143. The Morgan fingerprint density at radius 2 is 1.86 bits per heavy atom. The van der Waals surface area contributed by atoms with Crippen LogP contribution in [0.4, 0.5) is 0 Å². The Bertz CT molecular complexity index is 1100. The maximum Gasteiger partial charge on any atom is 0.335 e. The number of carbonyl (C=O) groups is 3. The summed E-state index contributed by atoms with van der Waals surface area (Å²) in [6.45, 7) is 0.873. The van der Waals surface area contributed by atoms with Crippen LogP contribution in [-0.2, 0) is 9.59 Å². The predicted octanol–water partition coefficient (Wildman–Crippen LogP) is 2.23.